The van der Waals surface area contributed by atoms with Gasteiger partial charge in [0.25, 0.3) is 0 Å². The van der Waals surface area contributed by atoms with E-state index in [1.165, 1.54) is 6.42 Å². The van der Waals surface area contributed by atoms with Crippen LogP contribution in [0.25, 0.3) is 0 Å². The second-order valence-corrected chi connectivity index (χ2v) is 2.89. The number of fused-ring (bicyclic) bond motifs is 1. The van der Waals surface area contributed by atoms with Crippen molar-refractivity contribution in [3.8, 4) is 0 Å². The molecule has 2 nitrogen and oxygen atoms in total. The maximum Gasteiger partial charge on any atom is 0.0695 e. The summed E-state index contributed by atoms with van der Waals surface area (Å²) in [5.41, 5.74) is 0. The van der Waals surface area contributed by atoms with E-state index in [9.17, 15) is 0 Å². The predicted octanol–water partition coefficient (Wildman–Crippen LogP) is -0.413. The lowest BCUT2D eigenvalue weighted by Gasteiger charge is -2.16. The number of aliphatic hydroxyl groups excluding tert-OH is 1. The minimum atomic E-state index is -0.0336. The van der Waals surface area contributed by atoms with Gasteiger partial charge in [-0.2, -0.15) is 0 Å². The number of rotatable bonds is 0. The second kappa shape index (κ2) is 1.45. The van der Waals surface area contributed by atoms with E-state index in [0.29, 0.717) is 5.92 Å². The van der Waals surface area contributed by atoms with E-state index in [-0.39, 0.29) is 6.10 Å². The van der Waals surface area contributed by atoms with Gasteiger partial charge < -0.3 is 10.4 Å². The number of nitrogens with one attached hydrogen (secondary N) is 1. The summed E-state index contributed by atoms with van der Waals surface area (Å²) < 4.78 is 0. The van der Waals surface area contributed by atoms with Gasteiger partial charge >= 0.3 is 0 Å². The van der Waals surface area contributed by atoms with Gasteiger partial charge in [0.1, 0.15) is 0 Å². The highest BCUT2D eigenvalue weighted by molar-refractivity contribution is 4.96. The molecule has 1 saturated heterocycles. The molecule has 2 rings (SSSR count). The first-order chi connectivity index (χ1) is 3.88. The molecule has 0 bridgehead atoms. The molecular formula is C6H11NO. The van der Waals surface area contributed by atoms with Gasteiger partial charge in [0.15, 0.2) is 0 Å². The average Bonchev–Trinajstić information content (AvgIpc) is 2.45. The maximum atomic E-state index is 9.16. The number of aliphatic hydroxyl groups is 1. The van der Waals surface area contributed by atoms with Crippen molar-refractivity contribution < 1.29 is 5.11 Å². The highest BCUT2D eigenvalue weighted by Gasteiger charge is 2.44. The lowest BCUT2D eigenvalue weighted by Crippen LogP contribution is -2.35. The van der Waals surface area contributed by atoms with Gasteiger partial charge in [-0.15, -0.1) is 0 Å². The van der Waals surface area contributed by atoms with E-state index in [4.69, 9.17) is 5.11 Å². The molecule has 3 atom stereocenters. The van der Waals surface area contributed by atoms with Crippen molar-refractivity contribution in [1.29, 1.82) is 0 Å². The summed E-state index contributed by atoms with van der Waals surface area (Å²) in [6.07, 6.45) is 1.22. The molecule has 1 aliphatic carbocycles. The number of β-amino-alcohol motifs (C(OH)–C–C–N with tert-alkyl or cyclic N) is 1. The van der Waals surface area contributed by atoms with Gasteiger partial charge in [-0.05, 0) is 24.8 Å². The van der Waals surface area contributed by atoms with Crippen molar-refractivity contribution in [2.75, 3.05) is 13.1 Å². The lowest BCUT2D eigenvalue weighted by molar-refractivity contribution is 0.128. The topological polar surface area (TPSA) is 32.3 Å². The Labute approximate surface area is 48.9 Å². The van der Waals surface area contributed by atoms with Crippen LogP contribution in [0, 0.1) is 11.8 Å². The van der Waals surface area contributed by atoms with Crippen LogP contribution in [0.3, 0.4) is 0 Å². The van der Waals surface area contributed by atoms with E-state index in [1.54, 1.807) is 0 Å². The van der Waals surface area contributed by atoms with Crippen LogP contribution in [-0.4, -0.2) is 24.3 Å². The van der Waals surface area contributed by atoms with Crippen LogP contribution >= 0.6 is 0 Å². The van der Waals surface area contributed by atoms with E-state index in [2.05, 4.69) is 5.32 Å². The van der Waals surface area contributed by atoms with Gasteiger partial charge in [0.2, 0.25) is 0 Å². The largest absolute Gasteiger partial charge is 0.392 e. The fourth-order valence-electron chi connectivity index (χ4n) is 1.54. The lowest BCUT2D eigenvalue weighted by atomic mass is 10.1. The number of hydrogen-bond acceptors (Lipinski definition) is 2. The van der Waals surface area contributed by atoms with Gasteiger partial charge in [-0.1, -0.05) is 0 Å². The van der Waals surface area contributed by atoms with E-state index in [1.807, 2.05) is 0 Å². The molecule has 2 N–H and O–H groups in total. The first-order valence-corrected chi connectivity index (χ1v) is 3.26. The van der Waals surface area contributed by atoms with Gasteiger partial charge in [-0.3, -0.25) is 0 Å². The molecular weight excluding hydrogens is 102 g/mol. The molecule has 1 heterocycles. The van der Waals surface area contributed by atoms with Crippen LogP contribution in [0.5, 0.6) is 0 Å². The molecule has 0 spiro atoms. The van der Waals surface area contributed by atoms with Crippen LogP contribution in [0.2, 0.25) is 0 Å². The fraction of sp³-hybridized carbons (Fsp3) is 1.00. The van der Waals surface area contributed by atoms with Crippen LogP contribution < -0.4 is 5.32 Å². The summed E-state index contributed by atoms with van der Waals surface area (Å²) in [6, 6.07) is 0. The van der Waals surface area contributed by atoms with Crippen LogP contribution in [0.15, 0.2) is 0 Å². The van der Waals surface area contributed by atoms with E-state index in [0.717, 1.165) is 19.0 Å². The normalized spacial score (nSPS) is 52.9. The third kappa shape index (κ3) is 0.565. The summed E-state index contributed by atoms with van der Waals surface area (Å²) in [5, 5.41) is 12.3. The zero-order valence-electron chi connectivity index (χ0n) is 4.80. The molecule has 0 aromatic rings. The summed E-state index contributed by atoms with van der Waals surface area (Å²) in [7, 11) is 0. The van der Waals surface area contributed by atoms with Crippen molar-refractivity contribution in [1.82, 2.24) is 5.32 Å². The van der Waals surface area contributed by atoms with E-state index >= 15 is 0 Å². The summed E-state index contributed by atoms with van der Waals surface area (Å²) >= 11 is 0. The second-order valence-electron chi connectivity index (χ2n) is 2.89. The highest BCUT2D eigenvalue weighted by Crippen LogP contribution is 2.42. The molecule has 0 aromatic heterocycles. The molecule has 1 aliphatic heterocycles. The molecule has 0 unspecified atom stereocenters. The van der Waals surface area contributed by atoms with Crippen molar-refractivity contribution in [2.24, 2.45) is 11.8 Å². The Kier molecular flexibility index (Phi) is 0.866. The summed E-state index contributed by atoms with van der Waals surface area (Å²) in [4.78, 5) is 0. The zero-order chi connectivity index (χ0) is 5.56. The Hall–Kier alpha value is -0.0800. The Morgan fingerprint density at radius 1 is 1.38 bits per heavy atom. The minimum absolute atomic E-state index is 0.0336. The highest BCUT2D eigenvalue weighted by atomic mass is 16.3. The number of hydrogen-bond donors (Lipinski definition) is 2. The summed E-state index contributed by atoms with van der Waals surface area (Å²) in [5.74, 6) is 1.48. The van der Waals surface area contributed by atoms with Crippen molar-refractivity contribution in [3.63, 3.8) is 0 Å². The predicted molar refractivity (Wildman–Crippen MR) is 30.5 cm³/mol. The van der Waals surface area contributed by atoms with Crippen LogP contribution in [-0.2, 0) is 0 Å². The van der Waals surface area contributed by atoms with Crippen molar-refractivity contribution in [3.05, 3.63) is 0 Å². The third-order valence-corrected chi connectivity index (χ3v) is 2.23. The first kappa shape index (κ1) is 4.77. The van der Waals surface area contributed by atoms with Crippen LogP contribution in [0.1, 0.15) is 6.42 Å². The van der Waals surface area contributed by atoms with E-state index < -0.39 is 0 Å². The Bertz CT molecular complexity index is 105. The molecule has 1 saturated carbocycles. The van der Waals surface area contributed by atoms with Gasteiger partial charge in [-0.25, -0.2) is 0 Å². The zero-order valence-corrected chi connectivity index (χ0v) is 4.80. The van der Waals surface area contributed by atoms with Gasteiger partial charge in [0, 0.05) is 6.54 Å². The molecule has 2 fully saturated rings. The Morgan fingerprint density at radius 2 is 2.25 bits per heavy atom. The quantitative estimate of drug-likeness (QED) is 0.447. The monoisotopic (exact) mass is 113 g/mol. The molecule has 2 heteroatoms. The standard InChI is InChI=1S/C6H11NO/c8-6-3-7-2-4-1-5(4)6/h4-8H,1-3H2/t4-,5-,6-/m1/s1. The Morgan fingerprint density at radius 3 is 2.88 bits per heavy atom. The SMILES string of the molecule is O[C@@H]1CNC[C@H]2C[C@H]21. The average molecular weight is 113 g/mol. The minimum Gasteiger partial charge on any atom is -0.392 e. The van der Waals surface area contributed by atoms with Crippen LogP contribution in [0.4, 0.5) is 0 Å². The van der Waals surface area contributed by atoms with Crippen molar-refractivity contribution >= 4 is 0 Å². The molecule has 46 valence electrons. The summed E-state index contributed by atoms with van der Waals surface area (Å²) in [6.45, 7) is 1.96. The fourth-order valence-corrected chi connectivity index (χ4v) is 1.54. The Balaban J connectivity index is 1.99. The smallest absolute Gasteiger partial charge is 0.0695 e. The molecule has 8 heavy (non-hydrogen) atoms. The number of piperidine rings is 1. The maximum absolute atomic E-state index is 9.16. The first-order valence-electron chi connectivity index (χ1n) is 3.26. The molecule has 2 aliphatic rings. The molecule has 0 amide bonds. The van der Waals surface area contributed by atoms with Crippen molar-refractivity contribution in [2.45, 2.75) is 12.5 Å². The third-order valence-electron chi connectivity index (χ3n) is 2.23. The molecule has 0 aromatic carbocycles. The van der Waals surface area contributed by atoms with Gasteiger partial charge in [0.05, 0.1) is 6.10 Å². The molecule has 0 radical (unpaired) electrons.